The average molecular weight is 216 g/mol. The van der Waals surface area contributed by atoms with Crippen molar-refractivity contribution >= 4 is 8.07 Å². The van der Waals surface area contributed by atoms with Crippen molar-refractivity contribution in [2.45, 2.75) is 77.2 Å². The minimum Gasteiger partial charge on any atom is -0.393 e. The lowest BCUT2D eigenvalue weighted by Gasteiger charge is -2.39. The molecule has 1 N–H and O–H groups in total. The highest BCUT2D eigenvalue weighted by Crippen LogP contribution is 2.31. The molecule has 0 fully saturated rings. The first-order valence-corrected chi connectivity index (χ1v) is 9.59. The lowest BCUT2D eigenvalue weighted by Crippen LogP contribution is -2.52. The molecule has 0 aliphatic carbocycles. The molecule has 0 amide bonds. The van der Waals surface area contributed by atoms with E-state index in [4.69, 9.17) is 0 Å². The highest BCUT2D eigenvalue weighted by Gasteiger charge is 2.39. The van der Waals surface area contributed by atoms with Gasteiger partial charge in [0.2, 0.25) is 0 Å². The van der Waals surface area contributed by atoms with E-state index in [2.05, 4.69) is 33.5 Å². The summed E-state index contributed by atoms with van der Waals surface area (Å²) in [5.41, 5.74) is 0. The molecule has 0 saturated carbocycles. The Morgan fingerprint density at radius 1 is 0.929 bits per heavy atom. The van der Waals surface area contributed by atoms with E-state index in [9.17, 15) is 5.11 Å². The Kier molecular flexibility index (Phi) is 5.99. The molecule has 0 heterocycles. The van der Waals surface area contributed by atoms with Gasteiger partial charge in [-0.15, -0.1) is 0 Å². The zero-order valence-electron chi connectivity index (χ0n) is 10.7. The van der Waals surface area contributed by atoms with Crippen molar-refractivity contribution < 1.29 is 5.11 Å². The van der Waals surface area contributed by atoms with E-state index < -0.39 is 8.07 Å². The van der Waals surface area contributed by atoms with E-state index in [0.29, 0.717) is 0 Å². The van der Waals surface area contributed by atoms with Gasteiger partial charge in [0.05, 0.1) is 13.3 Å². The number of unbranched alkanes of at least 4 members (excludes halogenated alkanes) is 2. The van der Waals surface area contributed by atoms with Gasteiger partial charge in [0.15, 0.2) is 0 Å². The Hall–Kier alpha value is 0.177. The van der Waals surface area contributed by atoms with Gasteiger partial charge in [0, 0.05) is 0 Å². The minimum absolute atomic E-state index is 0.320. The molecule has 0 spiro atoms. The molecular weight excluding hydrogens is 188 g/mol. The van der Waals surface area contributed by atoms with Gasteiger partial charge in [0.25, 0.3) is 0 Å². The van der Waals surface area contributed by atoms with Gasteiger partial charge in [-0.2, -0.15) is 0 Å². The molecule has 0 unspecified atom stereocenters. The number of hydrogen-bond donors (Lipinski definition) is 1. The fourth-order valence-corrected chi connectivity index (χ4v) is 3.67. The molecule has 0 rings (SSSR count). The number of hydrogen-bond acceptors (Lipinski definition) is 1. The Morgan fingerprint density at radius 3 is 1.50 bits per heavy atom. The molecule has 0 aromatic rings. The second-order valence-electron chi connectivity index (χ2n) is 5.49. The van der Waals surface area contributed by atoms with Crippen LogP contribution in [0, 0.1) is 0 Å². The zero-order chi connectivity index (χ0) is 11.2. The van der Waals surface area contributed by atoms with Gasteiger partial charge in [-0.05, 0) is 12.8 Å². The van der Waals surface area contributed by atoms with E-state index >= 15 is 0 Å². The maximum atomic E-state index is 10.7. The standard InChI is InChI=1S/C12H28OSi/c1-6-8-10-12(13,11-9-7-2)14(3,4)5/h13H,6-11H2,1-5H3. The Balaban J connectivity index is 4.33. The molecule has 0 saturated heterocycles. The minimum atomic E-state index is -1.43. The summed E-state index contributed by atoms with van der Waals surface area (Å²) in [7, 11) is -1.43. The van der Waals surface area contributed by atoms with Crippen molar-refractivity contribution in [3.63, 3.8) is 0 Å². The third kappa shape index (κ3) is 4.14. The fourth-order valence-electron chi connectivity index (χ4n) is 1.81. The summed E-state index contributed by atoms with van der Waals surface area (Å²) in [6, 6.07) is 0. The van der Waals surface area contributed by atoms with Gasteiger partial charge < -0.3 is 5.11 Å². The summed E-state index contributed by atoms with van der Waals surface area (Å²) in [5, 5.41) is 10.4. The molecule has 0 atom stereocenters. The van der Waals surface area contributed by atoms with Gasteiger partial charge in [-0.3, -0.25) is 0 Å². The molecule has 14 heavy (non-hydrogen) atoms. The van der Waals surface area contributed by atoms with E-state index in [1.165, 1.54) is 25.7 Å². The molecule has 1 nitrogen and oxygen atoms in total. The lowest BCUT2D eigenvalue weighted by atomic mass is 10.1. The van der Waals surface area contributed by atoms with Crippen molar-refractivity contribution in [3.8, 4) is 0 Å². The molecular formula is C12H28OSi. The predicted molar refractivity (Wildman–Crippen MR) is 67.3 cm³/mol. The van der Waals surface area contributed by atoms with Crippen LogP contribution in [0.2, 0.25) is 19.6 Å². The molecule has 2 heteroatoms. The molecule has 0 bridgehead atoms. The largest absolute Gasteiger partial charge is 0.393 e. The third-order valence-corrected chi connectivity index (χ3v) is 6.58. The summed E-state index contributed by atoms with van der Waals surface area (Å²) in [5.74, 6) is 0. The summed E-state index contributed by atoms with van der Waals surface area (Å²) >= 11 is 0. The van der Waals surface area contributed by atoms with Crippen LogP contribution in [0.3, 0.4) is 0 Å². The van der Waals surface area contributed by atoms with Crippen LogP contribution in [-0.4, -0.2) is 18.4 Å². The van der Waals surface area contributed by atoms with Crippen molar-refractivity contribution in [1.29, 1.82) is 0 Å². The fraction of sp³-hybridized carbons (Fsp3) is 1.00. The van der Waals surface area contributed by atoms with Crippen molar-refractivity contribution in [2.24, 2.45) is 0 Å². The summed E-state index contributed by atoms with van der Waals surface area (Å²) in [4.78, 5) is 0. The van der Waals surface area contributed by atoms with E-state index in [1.807, 2.05) is 0 Å². The number of rotatable bonds is 7. The van der Waals surface area contributed by atoms with Crippen LogP contribution in [0.15, 0.2) is 0 Å². The quantitative estimate of drug-likeness (QED) is 0.638. The summed E-state index contributed by atoms with van der Waals surface area (Å²) in [6.07, 6.45) is 6.76. The average Bonchev–Trinajstić information content (AvgIpc) is 2.09. The van der Waals surface area contributed by atoms with Crippen LogP contribution < -0.4 is 0 Å². The first-order chi connectivity index (χ1) is 6.37. The van der Waals surface area contributed by atoms with Crippen molar-refractivity contribution in [1.82, 2.24) is 0 Å². The second-order valence-corrected chi connectivity index (χ2v) is 10.9. The first-order valence-electron chi connectivity index (χ1n) is 6.09. The Labute approximate surface area is 90.9 Å². The van der Waals surface area contributed by atoms with Crippen molar-refractivity contribution in [3.05, 3.63) is 0 Å². The molecule has 86 valence electrons. The van der Waals surface area contributed by atoms with Gasteiger partial charge >= 0.3 is 0 Å². The van der Waals surface area contributed by atoms with Crippen LogP contribution in [0.1, 0.15) is 52.4 Å². The van der Waals surface area contributed by atoms with Gasteiger partial charge in [0.1, 0.15) is 0 Å². The maximum absolute atomic E-state index is 10.7. The van der Waals surface area contributed by atoms with Crippen LogP contribution in [0.5, 0.6) is 0 Å². The molecule has 0 radical (unpaired) electrons. The summed E-state index contributed by atoms with van der Waals surface area (Å²) in [6.45, 7) is 11.3. The zero-order valence-corrected chi connectivity index (χ0v) is 11.7. The maximum Gasteiger partial charge on any atom is 0.0820 e. The molecule has 0 aromatic heterocycles. The Morgan fingerprint density at radius 2 is 1.29 bits per heavy atom. The lowest BCUT2D eigenvalue weighted by molar-refractivity contribution is 0.0905. The van der Waals surface area contributed by atoms with Gasteiger partial charge in [-0.1, -0.05) is 59.2 Å². The predicted octanol–water partition coefficient (Wildman–Crippen LogP) is 3.98. The monoisotopic (exact) mass is 216 g/mol. The van der Waals surface area contributed by atoms with E-state index in [-0.39, 0.29) is 5.22 Å². The Bertz CT molecular complexity index is 141. The van der Waals surface area contributed by atoms with E-state index in [1.54, 1.807) is 0 Å². The topological polar surface area (TPSA) is 20.2 Å². The summed E-state index contributed by atoms with van der Waals surface area (Å²) < 4.78 is 0. The molecule has 0 aliphatic heterocycles. The molecule has 0 aliphatic rings. The highest BCUT2D eigenvalue weighted by atomic mass is 28.3. The van der Waals surface area contributed by atoms with Crippen molar-refractivity contribution in [2.75, 3.05) is 0 Å². The van der Waals surface area contributed by atoms with E-state index in [0.717, 1.165) is 12.8 Å². The SMILES string of the molecule is CCCCC(O)(CCCC)[Si](C)(C)C. The number of aliphatic hydroxyl groups is 1. The highest BCUT2D eigenvalue weighted by molar-refractivity contribution is 6.78. The van der Waals surface area contributed by atoms with Gasteiger partial charge in [-0.25, -0.2) is 0 Å². The third-order valence-electron chi connectivity index (χ3n) is 3.28. The second kappa shape index (κ2) is 5.91. The molecule has 0 aromatic carbocycles. The van der Waals surface area contributed by atoms with Crippen LogP contribution in [0.4, 0.5) is 0 Å². The van der Waals surface area contributed by atoms with Crippen LogP contribution in [0.25, 0.3) is 0 Å². The normalized spacial score (nSPS) is 13.3. The van der Waals surface area contributed by atoms with Crippen LogP contribution >= 0.6 is 0 Å². The first kappa shape index (κ1) is 14.2. The smallest absolute Gasteiger partial charge is 0.0820 e. The van der Waals surface area contributed by atoms with Crippen LogP contribution in [-0.2, 0) is 0 Å².